The van der Waals surface area contributed by atoms with E-state index in [1.54, 1.807) is 0 Å². The molecule has 2 aliphatic rings. The Morgan fingerprint density at radius 2 is 1.85 bits per heavy atom. The van der Waals surface area contributed by atoms with Gasteiger partial charge in [-0.1, -0.05) is 13.8 Å². The van der Waals surface area contributed by atoms with Gasteiger partial charge in [-0.2, -0.15) is 0 Å². The third kappa shape index (κ3) is 12.3. The van der Waals surface area contributed by atoms with Gasteiger partial charge >= 0.3 is 0 Å². The van der Waals surface area contributed by atoms with Crippen LogP contribution in [0, 0.1) is 0 Å². The van der Waals surface area contributed by atoms with Crippen molar-refractivity contribution in [2.75, 3.05) is 33.4 Å². The van der Waals surface area contributed by atoms with E-state index in [1.165, 1.54) is 0 Å². The maximum atomic E-state index is 9.93. The average molecular weight is 294 g/mol. The summed E-state index contributed by atoms with van der Waals surface area (Å²) in [6.07, 6.45) is 1.67. The molecule has 0 aromatic rings. The van der Waals surface area contributed by atoms with Crippen molar-refractivity contribution in [2.24, 2.45) is 0 Å². The van der Waals surface area contributed by atoms with Gasteiger partial charge in [0.2, 0.25) is 6.41 Å². The van der Waals surface area contributed by atoms with Crippen LogP contribution in [0.1, 0.15) is 26.7 Å². The zero-order valence-corrected chi connectivity index (χ0v) is 12.7. The number of rotatable bonds is 2. The summed E-state index contributed by atoms with van der Waals surface area (Å²) in [6, 6.07) is -0.0127. The normalized spacial score (nSPS) is 27.6. The van der Waals surface area contributed by atoms with Crippen LogP contribution in [0.25, 0.3) is 0 Å². The van der Waals surface area contributed by atoms with Crippen molar-refractivity contribution < 1.29 is 24.9 Å². The van der Waals surface area contributed by atoms with Crippen molar-refractivity contribution >= 4 is 6.41 Å². The van der Waals surface area contributed by atoms with Gasteiger partial charge in [0.1, 0.15) is 0 Å². The summed E-state index contributed by atoms with van der Waals surface area (Å²) in [7, 11) is 1.00. The number of amides is 1. The molecular formula is C13H30N2O5. The predicted molar refractivity (Wildman–Crippen MR) is 77.4 cm³/mol. The molecule has 0 saturated carbocycles. The van der Waals surface area contributed by atoms with Crippen LogP contribution in [0.4, 0.5) is 0 Å². The molecule has 0 aliphatic carbocycles. The molecule has 7 nitrogen and oxygen atoms in total. The number of aliphatic hydroxyl groups is 3. The Labute approximate surface area is 121 Å². The van der Waals surface area contributed by atoms with Crippen LogP contribution in [0.2, 0.25) is 0 Å². The zero-order valence-electron chi connectivity index (χ0n) is 12.7. The van der Waals surface area contributed by atoms with Crippen LogP contribution >= 0.6 is 0 Å². The number of hydrogen-bond donors (Lipinski definition) is 5. The van der Waals surface area contributed by atoms with Crippen LogP contribution in [-0.2, 0) is 9.53 Å². The minimum Gasteiger partial charge on any atom is -0.400 e. The number of carbonyl (C=O) groups is 1. The van der Waals surface area contributed by atoms with E-state index in [4.69, 9.17) is 20.1 Å². The molecule has 0 spiro atoms. The maximum absolute atomic E-state index is 9.93. The summed E-state index contributed by atoms with van der Waals surface area (Å²) in [4.78, 5) is 9.93. The van der Waals surface area contributed by atoms with Crippen molar-refractivity contribution in [3.8, 4) is 0 Å². The Morgan fingerprint density at radius 3 is 2.20 bits per heavy atom. The molecule has 20 heavy (non-hydrogen) atoms. The highest BCUT2D eigenvalue weighted by atomic mass is 16.5. The molecule has 0 radical (unpaired) electrons. The molecule has 5 N–H and O–H groups in total. The molecule has 0 aromatic carbocycles. The highest BCUT2D eigenvalue weighted by Crippen LogP contribution is 2.05. The van der Waals surface area contributed by atoms with Crippen molar-refractivity contribution in [3.05, 3.63) is 0 Å². The third-order valence-corrected chi connectivity index (χ3v) is 2.52. The summed E-state index contributed by atoms with van der Waals surface area (Å²) >= 11 is 0. The lowest BCUT2D eigenvalue weighted by Crippen LogP contribution is -2.41. The molecular weight excluding hydrogens is 264 g/mol. The highest BCUT2D eigenvalue weighted by molar-refractivity contribution is 5.46. The number of ether oxygens (including phenoxy) is 1. The van der Waals surface area contributed by atoms with Crippen molar-refractivity contribution in [2.45, 2.75) is 44.9 Å². The summed E-state index contributed by atoms with van der Waals surface area (Å²) in [6.45, 7) is 6.67. The SMILES string of the molecule is CC.CO.O=CNC1COCC(O)C1.OC1CCNC1. The topological polar surface area (TPSA) is 111 Å². The first kappa shape index (κ1) is 21.6. The Kier molecular flexibility index (Phi) is 17.6. The second-order valence-corrected chi connectivity index (χ2v) is 4.06. The number of nitrogens with one attached hydrogen (secondary N) is 2. The fourth-order valence-electron chi connectivity index (χ4n) is 1.66. The first-order chi connectivity index (χ1) is 9.72. The van der Waals surface area contributed by atoms with Gasteiger partial charge in [-0.05, 0) is 19.4 Å². The fraction of sp³-hybridized carbons (Fsp3) is 0.923. The van der Waals surface area contributed by atoms with Gasteiger partial charge in [-0.3, -0.25) is 4.79 Å². The highest BCUT2D eigenvalue weighted by Gasteiger charge is 2.19. The van der Waals surface area contributed by atoms with E-state index < -0.39 is 6.10 Å². The summed E-state index contributed by atoms with van der Waals surface area (Å²) in [5, 5.41) is 30.3. The van der Waals surface area contributed by atoms with Crippen molar-refractivity contribution in [1.82, 2.24) is 10.6 Å². The first-order valence-corrected chi connectivity index (χ1v) is 7.01. The van der Waals surface area contributed by atoms with Gasteiger partial charge in [0, 0.05) is 13.7 Å². The average Bonchev–Trinajstić information content (AvgIpc) is 2.96. The minimum absolute atomic E-state index is 0.0127. The van der Waals surface area contributed by atoms with E-state index in [2.05, 4.69) is 10.6 Å². The number of carbonyl (C=O) groups excluding carboxylic acids is 1. The van der Waals surface area contributed by atoms with Gasteiger partial charge in [-0.15, -0.1) is 0 Å². The second-order valence-electron chi connectivity index (χ2n) is 4.06. The molecule has 2 fully saturated rings. The maximum Gasteiger partial charge on any atom is 0.207 e. The Balaban J connectivity index is 0. The monoisotopic (exact) mass is 294 g/mol. The fourth-order valence-corrected chi connectivity index (χ4v) is 1.66. The standard InChI is InChI=1S/C6H11NO3.C4H9NO.C2H6.CH4O/c8-4-7-5-1-6(9)3-10-2-5;6-4-1-2-5-3-4;2*1-2/h4-6,9H,1-3H2,(H,7,8);4-6H,1-3H2;1-2H3;2H,1H3. The molecule has 2 heterocycles. The predicted octanol–water partition coefficient (Wildman–Crippen LogP) is -1.14. The van der Waals surface area contributed by atoms with Crippen LogP contribution in [-0.4, -0.2) is 73.4 Å². The molecule has 1 amide bonds. The molecule has 0 aromatic heterocycles. The van der Waals surface area contributed by atoms with Crippen LogP contribution in [0.5, 0.6) is 0 Å². The second kappa shape index (κ2) is 16.3. The number of hydrogen-bond acceptors (Lipinski definition) is 6. The van der Waals surface area contributed by atoms with Gasteiger partial charge in [0.05, 0.1) is 31.5 Å². The lowest BCUT2D eigenvalue weighted by Gasteiger charge is -2.25. The van der Waals surface area contributed by atoms with E-state index in [9.17, 15) is 4.79 Å². The van der Waals surface area contributed by atoms with E-state index in [1.807, 2.05) is 13.8 Å². The van der Waals surface area contributed by atoms with Crippen LogP contribution in [0.15, 0.2) is 0 Å². The minimum atomic E-state index is -0.425. The first-order valence-electron chi connectivity index (χ1n) is 7.01. The summed E-state index contributed by atoms with van der Waals surface area (Å²) in [5.41, 5.74) is 0. The number of β-amino-alcohol motifs (C(OH)–C–C–N with tert-alkyl or cyclic N) is 1. The molecule has 0 bridgehead atoms. The van der Waals surface area contributed by atoms with E-state index in [0.717, 1.165) is 26.6 Å². The molecule has 3 unspecified atom stereocenters. The largest absolute Gasteiger partial charge is 0.400 e. The molecule has 3 atom stereocenters. The van der Waals surface area contributed by atoms with Gasteiger partial charge in [0.25, 0.3) is 0 Å². The zero-order chi connectivity index (χ0) is 15.8. The Hall–Kier alpha value is -0.730. The third-order valence-electron chi connectivity index (χ3n) is 2.52. The van der Waals surface area contributed by atoms with E-state index in [0.29, 0.717) is 26.0 Å². The summed E-state index contributed by atoms with van der Waals surface area (Å²) < 4.78 is 4.98. The lowest BCUT2D eigenvalue weighted by atomic mass is 10.1. The Morgan fingerprint density at radius 1 is 1.20 bits per heavy atom. The quantitative estimate of drug-likeness (QED) is 0.412. The Bertz CT molecular complexity index is 201. The number of aliphatic hydroxyl groups excluding tert-OH is 3. The molecule has 7 heteroatoms. The molecule has 122 valence electrons. The van der Waals surface area contributed by atoms with Crippen LogP contribution < -0.4 is 10.6 Å². The molecule has 2 aliphatic heterocycles. The molecule has 2 saturated heterocycles. The van der Waals surface area contributed by atoms with E-state index in [-0.39, 0.29) is 12.1 Å². The van der Waals surface area contributed by atoms with Gasteiger partial charge < -0.3 is 30.7 Å². The van der Waals surface area contributed by atoms with Gasteiger partial charge in [-0.25, -0.2) is 0 Å². The smallest absolute Gasteiger partial charge is 0.207 e. The molecule has 2 rings (SSSR count). The van der Waals surface area contributed by atoms with Crippen molar-refractivity contribution in [3.63, 3.8) is 0 Å². The van der Waals surface area contributed by atoms with E-state index >= 15 is 0 Å². The summed E-state index contributed by atoms with van der Waals surface area (Å²) in [5.74, 6) is 0. The van der Waals surface area contributed by atoms with Crippen molar-refractivity contribution in [1.29, 1.82) is 0 Å². The van der Waals surface area contributed by atoms with Crippen LogP contribution in [0.3, 0.4) is 0 Å². The lowest BCUT2D eigenvalue weighted by molar-refractivity contribution is -0.111. The van der Waals surface area contributed by atoms with Gasteiger partial charge in [0.15, 0.2) is 0 Å².